The summed E-state index contributed by atoms with van der Waals surface area (Å²) in [4.78, 5) is 34.7. The second kappa shape index (κ2) is 8.18. The highest BCUT2D eigenvalue weighted by Crippen LogP contribution is 2.44. The molecule has 0 saturated carbocycles. The van der Waals surface area contributed by atoms with Crippen molar-refractivity contribution in [3.63, 3.8) is 0 Å². The van der Waals surface area contributed by atoms with Gasteiger partial charge in [-0.05, 0) is 49.4 Å². The highest BCUT2D eigenvalue weighted by molar-refractivity contribution is 8.18. The molecule has 2 aromatic carbocycles. The molecule has 0 N–H and O–H groups in total. The molecular weight excluding hydrogens is 429 g/mol. The number of halogens is 1. The van der Waals surface area contributed by atoms with E-state index in [4.69, 9.17) is 4.74 Å². The van der Waals surface area contributed by atoms with Gasteiger partial charge >= 0.3 is 0 Å². The SMILES string of the molecule is CC1CN(C2=NC(=O)/C(=C3\C(=O)N(Cc4ccc(F)cc4)c4ccccc43)S2)CC(C)O1. The number of rotatable bonds is 2. The molecule has 5 rings (SSSR count). The molecule has 3 heterocycles. The van der Waals surface area contributed by atoms with Crippen LogP contribution in [0.3, 0.4) is 0 Å². The summed E-state index contributed by atoms with van der Waals surface area (Å²) in [6, 6.07) is 13.5. The van der Waals surface area contributed by atoms with Crippen LogP contribution in [0.5, 0.6) is 0 Å². The van der Waals surface area contributed by atoms with Gasteiger partial charge in [-0.2, -0.15) is 4.99 Å². The van der Waals surface area contributed by atoms with Crippen LogP contribution in [0.1, 0.15) is 25.0 Å². The first kappa shape index (κ1) is 20.9. The number of aliphatic imine (C=N–C) groups is 1. The van der Waals surface area contributed by atoms with E-state index in [1.807, 2.05) is 38.1 Å². The van der Waals surface area contributed by atoms with Crippen LogP contribution in [0.2, 0.25) is 0 Å². The van der Waals surface area contributed by atoms with Crippen molar-refractivity contribution >= 4 is 40.0 Å². The van der Waals surface area contributed by atoms with Crippen molar-refractivity contribution in [3.05, 3.63) is 70.4 Å². The van der Waals surface area contributed by atoms with Crippen molar-refractivity contribution in [3.8, 4) is 0 Å². The molecule has 0 bridgehead atoms. The Balaban J connectivity index is 1.47. The van der Waals surface area contributed by atoms with Crippen LogP contribution in [0.25, 0.3) is 5.57 Å². The van der Waals surface area contributed by atoms with Crippen LogP contribution in [0.15, 0.2) is 58.4 Å². The van der Waals surface area contributed by atoms with Crippen LogP contribution >= 0.6 is 11.8 Å². The number of para-hydroxylation sites is 1. The van der Waals surface area contributed by atoms with Crippen LogP contribution in [0.4, 0.5) is 10.1 Å². The lowest BCUT2D eigenvalue weighted by atomic mass is 10.1. The summed E-state index contributed by atoms with van der Waals surface area (Å²) in [6.07, 6.45) is 0.0720. The largest absolute Gasteiger partial charge is 0.372 e. The van der Waals surface area contributed by atoms with Crippen molar-refractivity contribution in [1.82, 2.24) is 4.90 Å². The first-order chi connectivity index (χ1) is 15.4. The van der Waals surface area contributed by atoms with Crippen molar-refractivity contribution < 1.29 is 18.7 Å². The van der Waals surface area contributed by atoms with Crippen LogP contribution < -0.4 is 4.90 Å². The molecule has 1 saturated heterocycles. The number of amides is 2. The molecule has 2 amide bonds. The fraction of sp³-hybridized carbons (Fsp3) is 0.292. The van der Waals surface area contributed by atoms with Gasteiger partial charge in [0, 0.05) is 18.7 Å². The van der Waals surface area contributed by atoms with Gasteiger partial charge in [0.15, 0.2) is 5.17 Å². The monoisotopic (exact) mass is 451 g/mol. The zero-order valence-electron chi connectivity index (χ0n) is 17.7. The molecule has 32 heavy (non-hydrogen) atoms. The van der Waals surface area contributed by atoms with E-state index in [0.29, 0.717) is 28.7 Å². The van der Waals surface area contributed by atoms with Crippen LogP contribution in [-0.2, 0) is 20.9 Å². The average Bonchev–Trinajstić information content (AvgIpc) is 3.26. The fourth-order valence-electron chi connectivity index (χ4n) is 4.35. The molecule has 2 aromatic rings. The number of amidine groups is 1. The van der Waals surface area contributed by atoms with E-state index >= 15 is 0 Å². The Morgan fingerprint density at radius 1 is 1.06 bits per heavy atom. The summed E-state index contributed by atoms with van der Waals surface area (Å²) < 4.78 is 19.1. The highest BCUT2D eigenvalue weighted by atomic mass is 32.2. The third kappa shape index (κ3) is 3.73. The Hall–Kier alpha value is -2.97. The number of hydrogen-bond donors (Lipinski definition) is 0. The third-order valence-corrected chi connectivity index (χ3v) is 6.79. The van der Waals surface area contributed by atoms with E-state index in [0.717, 1.165) is 16.8 Å². The van der Waals surface area contributed by atoms with E-state index in [1.54, 1.807) is 17.0 Å². The summed E-state index contributed by atoms with van der Waals surface area (Å²) in [7, 11) is 0. The Kier molecular flexibility index (Phi) is 5.35. The van der Waals surface area contributed by atoms with E-state index in [9.17, 15) is 14.0 Å². The summed E-state index contributed by atoms with van der Waals surface area (Å²) in [6.45, 7) is 5.57. The number of carbonyl (C=O) groups excluding carboxylic acids is 2. The number of morpholine rings is 1. The molecule has 2 unspecified atom stereocenters. The van der Waals surface area contributed by atoms with Gasteiger partial charge in [0.25, 0.3) is 11.8 Å². The topological polar surface area (TPSA) is 62.2 Å². The predicted molar refractivity (Wildman–Crippen MR) is 123 cm³/mol. The molecule has 3 aliphatic heterocycles. The molecule has 0 aromatic heterocycles. The quantitative estimate of drug-likeness (QED) is 0.650. The predicted octanol–water partition coefficient (Wildman–Crippen LogP) is 3.82. The molecule has 0 radical (unpaired) electrons. The molecule has 0 spiro atoms. The fourth-order valence-corrected chi connectivity index (χ4v) is 5.37. The van der Waals surface area contributed by atoms with Gasteiger partial charge in [0.2, 0.25) is 0 Å². The number of carbonyl (C=O) groups is 2. The first-order valence-electron chi connectivity index (χ1n) is 10.5. The minimum atomic E-state index is -0.390. The first-order valence-corrected chi connectivity index (χ1v) is 11.3. The highest BCUT2D eigenvalue weighted by Gasteiger charge is 2.40. The van der Waals surface area contributed by atoms with E-state index in [2.05, 4.69) is 9.89 Å². The number of thioether (sulfide) groups is 1. The van der Waals surface area contributed by atoms with Crippen molar-refractivity contribution in [2.75, 3.05) is 18.0 Å². The standard InChI is InChI=1S/C24H22FN3O3S/c1-14-11-27(12-15(2)31-14)24-26-22(29)21(32-24)20-18-5-3-4-6-19(18)28(23(20)30)13-16-7-9-17(25)10-8-16/h3-10,14-15H,11-13H2,1-2H3/b21-20+. The van der Waals surface area contributed by atoms with Gasteiger partial charge in [0.1, 0.15) is 5.82 Å². The van der Waals surface area contributed by atoms with E-state index < -0.39 is 5.91 Å². The smallest absolute Gasteiger partial charge is 0.287 e. The molecule has 1 fully saturated rings. The summed E-state index contributed by atoms with van der Waals surface area (Å²) >= 11 is 1.26. The molecule has 3 aliphatic rings. The Labute approximate surface area is 189 Å². The second-order valence-electron chi connectivity index (χ2n) is 8.20. The van der Waals surface area contributed by atoms with Crippen molar-refractivity contribution in [2.45, 2.75) is 32.6 Å². The van der Waals surface area contributed by atoms with Gasteiger partial charge in [-0.1, -0.05) is 30.3 Å². The van der Waals surface area contributed by atoms with E-state index in [1.165, 1.54) is 23.9 Å². The number of benzene rings is 2. The minimum absolute atomic E-state index is 0.0360. The minimum Gasteiger partial charge on any atom is -0.372 e. The lowest BCUT2D eigenvalue weighted by Gasteiger charge is -2.35. The van der Waals surface area contributed by atoms with Gasteiger partial charge in [-0.25, -0.2) is 4.39 Å². The number of nitrogens with zero attached hydrogens (tertiary/aromatic N) is 3. The van der Waals surface area contributed by atoms with Crippen LogP contribution in [0, 0.1) is 5.82 Å². The second-order valence-corrected chi connectivity index (χ2v) is 9.18. The van der Waals surface area contributed by atoms with Gasteiger partial charge in [-0.3, -0.25) is 9.59 Å². The summed E-state index contributed by atoms with van der Waals surface area (Å²) in [5.41, 5.74) is 2.64. The molecule has 8 heteroatoms. The maximum Gasteiger partial charge on any atom is 0.287 e. The lowest BCUT2D eigenvalue weighted by Crippen LogP contribution is -2.47. The molecule has 2 atom stereocenters. The maximum absolute atomic E-state index is 13.5. The summed E-state index contributed by atoms with van der Waals surface area (Å²) in [5.74, 6) is -0.959. The van der Waals surface area contributed by atoms with Gasteiger partial charge < -0.3 is 14.5 Å². The number of anilines is 1. The summed E-state index contributed by atoms with van der Waals surface area (Å²) in [5, 5.41) is 0.613. The van der Waals surface area contributed by atoms with Gasteiger partial charge in [0.05, 0.1) is 34.9 Å². The van der Waals surface area contributed by atoms with Crippen molar-refractivity contribution in [2.24, 2.45) is 4.99 Å². The van der Waals surface area contributed by atoms with Gasteiger partial charge in [-0.15, -0.1) is 0 Å². The van der Waals surface area contributed by atoms with Crippen LogP contribution in [-0.4, -0.2) is 47.2 Å². The molecular formula is C24H22FN3O3S. The van der Waals surface area contributed by atoms with Crippen molar-refractivity contribution in [1.29, 1.82) is 0 Å². The number of ether oxygens (including phenoxy) is 1. The molecule has 6 nitrogen and oxygen atoms in total. The van der Waals surface area contributed by atoms with E-state index in [-0.39, 0.29) is 30.5 Å². The third-order valence-electron chi connectivity index (χ3n) is 5.68. The maximum atomic E-state index is 13.5. The zero-order chi connectivity index (χ0) is 22.4. The lowest BCUT2D eigenvalue weighted by molar-refractivity contribution is -0.115. The Morgan fingerprint density at radius 3 is 2.47 bits per heavy atom. The average molecular weight is 452 g/mol. The molecule has 164 valence electrons. The number of fused-ring (bicyclic) bond motifs is 1. The Morgan fingerprint density at radius 2 is 1.75 bits per heavy atom. The number of hydrogen-bond acceptors (Lipinski definition) is 5. The Bertz CT molecular complexity index is 1150. The normalized spacial score (nSPS) is 25.4. The zero-order valence-corrected chi connectivity index (χ0v) is 18.6. The molecule has 0 aliphatic carbocycles.